The van der Waals surface area contributed by atoms with Crippen molar-refractivity contribution >= 4 is 11.9 Å². The van der Waals surface area contributed by atoms with E-state index in [2.05, 4.69) is 15.2 Å². The molecule has 1 aliphatic rings. The number of benzene rings is 1. The lowest BCUT2D eigenvalue weighted by Gasteiger charge is -2.27. The van der Waals surface area contributed by atoms with Gasteiger partial charge in [-0.25, -0.2) is 4.99 Å². The number of piperidine rings is 1. The molecule has 1 aliphatic heterocycles. The fourth-order valence-corrected chi connectivity index (χ4v) is 2.70. The van der Waals surface area contributed by atoms with Crippen LogP contribution in [0.25, 0.3) is 0 Å². The van der Waals surface area contributed by atoms with Crippen LogP contribution in [0.2, 0.25) is 0 Å². The quantitative estimate of drug-likeness (QED) is 0.608. The molecule has 2 rings (SSSR count). The lowest BCUT2D eigenvalue weighted by molar-refractivity contribution is 0.0951. The van der Waals surface area contributed by atoms with Crippen molar-refractivity contribution in [2.45, 2.75) is 25.8 Å². The summed E-state index contributed by atoms with van der Waals surface area (Å²) in [6.07, 6.45) is 3.63. The van der Waals surface area contributed by atoms with Crippen molar-refractivity contribution in [2.75, 3.05) is 40.3 Å². The maximum atomic E-state index is 12.2. The van der Waals surface area contributed by atoms with Crippen LogP contribution < -0.4 is 11.1 Å². The number of nitrogens with zero attached hydrogens (tertiary/aromatic N) is 3. The molecule has 0 radical (unpaired) electrons. The van der Waals surface area contributed by atoms with Crippen LogP contribution in [0.15, 0.2) is 29.3 Å². The van der Waals surface area contributed by atoms with Crippen molar-refractivity contribution in [1.82, 2.24) is 15.1 Å². The summed E-state index contributed by atoms with van der Waals surface area (Å²) in [5, 5.41) is 2.92. The van der Waals surface area contributed by atoms with E-state index in [0.29, 0.717) is 24.6 Å². The number of likely N-dealkylation sites (tertiary alicyclic amines) is 1. The molecule has 0 atom stereocenters. The molecule has 0 saturated carbocycles. The molecule has 1 saturated heterocycles. The Morgan fingerprint density at radius 2 is 2.04 bits per heavy atom. The zero-order valence-corrected chi connectivity index (χ0v) is 14.8. The number of carbonyl (C=O) groups is 1. The van der Waals surface area contributed by atoms with E-state index in [1.165, 1.54) is 19.3 Å². The predicted octanol–water partition coefficient (Wildman–Crippen LogP) is 1.28. The van der Waals surface area contributed by atoms with Gasteiger partial charge in [-0.05, 0) is 51.1 Å². The fraction of sp³-hybridized carbons (Fsp3) is 0.556. The number of aliphatic imine (C=N–C) groups is 1. The van der Waals surface area contributed by atoms with Gasteiger partial charge in [0.1, 0.15) is 0 Å². The van der Waals surface area contributed by atoms with Crippen molar-refractivity contribution in [3.63, 3.8) is 0 Å². The predicted molar refractivity (Wildman–Crippen MR) is 98.1 cm³/mol. The molecular weight excluding hydrogens is 302 g/mol. The van der Waals surface area contributed by atoms with Gasteiger partial charge < -0.3 is 20.9 Å². The van der Waals surface area contributed by atoms with Gasteiger partial charge in [0.05, 0.1) is 6.54 Å². The first kappa shape index (κ1) is 18.3. The summed E-state index contributed by atoms with van der Waals surface area (Å²) in [7, 11) is 3.97. The van der Waals surface area contributed by atoms with Crippen LogP contribution in [0.3, 0.4) is 0 Å². The monoisotopic (exact) mass is 331 g/mol. The highest BCUT2D eigenvalue weighted by molar-refractivity contribution is 5.94. The highest BCUT2D eigenvalue weighted by atomic mass is 16.1. The molecule has 1 aromatic rings. The number of amides is 1. The number of guanidine groups is 1. The van der Waals surface area contributed by atoms with Crippen LogP contribution in [0, 0.1) is 0 Å². The molecule has 132 valence electrons. The molecule has 1 heterocycles. The molecule has 1 fully saturated rings. The van der Waals surface area contributed by atoms with E-state index in [9.17, 15) is 4.79 Å². The van der Waals surface area contributed by atoms with E-state index >= 15 is 0 Å². The Hall–Kier alpha value is -2.08. The number of likely N-dealkylation sites (N-methyl/N-ethyl adjacent to an activating group) is 1. The number of hydrogen-bond acceptors (Lipinski definition) is 3. The van der Waals surface area contributed by atoms with Gasteiger partial charge in [0.15, 0.2) is 5.96 Å². The summed E-state index contributed by atoms with van der Waals surface area (Å²) < 4.78 is 0. The van der Waals surface area contributed by atoms with Crippen LogP contribution >= 0.6 is 0 Å². The Balaban J connectivity index is 1.90. The largest absolute Gasteiger partial charge is 0.370 e. The maximum absolute atomic E-state index is 12.2. The second-order valence-electron chi connectivity index (χ2n) is 6.48. The maximum Gasteiger partial charge on any atom is 0.251 e. The first-order chi connectivity index (χ1) is 11.6. The number of nitrogens with one attached hydrogen (secondary N) is 1. The molecule has 24 heavy (non-hydrogen) atoms. The molecule has 0 aliphatic carbocycles. The highest BCUT2D eigenvalue weighted by Gasteiger charge is 2.12. The van der Waals surface area contributed by atoms with Gasteiger partial charge in [-0.3, -0.25) is 4.79 Å². The molecule has 1 amide bonds. The third-order valence-corrected chi connectivity index (χ3v) is 4.14. The van der Waals surface area contributed by atoms with Crippen molar-refractivity contribution in [1.29, 1.82) is 0 Å². The summed E-state index contributed by atoms with van der Waals surface area (Å²) in [5.41, 5.74) is 7.74. The average molecular weight is 331 g/mol. The Bertz CT molecular complexity index is 564. The van der Waals surface area contributed by atoms with E-state index < -0.39 is 0 Å². The SMILES string of the molecule is CN(C)CCNC(=O)c1cccc(CN=C(N)N2CCCCC2)c1. The van der Waals surface area contributed by atoms with Crippen LogP contribution in [-0.2, 0) is 6.54 Å². The van der Waals surface area contributed by atoms with Crippen molar-refractivity contribution < 1.29 is 4.79 Å². The molecule has 0 unspecified atom stereocenters. The minimum Gasteiger partial charge on any atom is -0.370 e. The third kappa shape index (κ3) is 5.85. The minimum atomic E-state index is -0.0494. The van der Waals surface area contributed by atoms with Gasteiger partial charge in [-0.2, -0.15) is 0 Å². The Morgan fingerprint density at radius 1 is 1.29 bits per heavy atom. The molecule has 1 aromatic carbocycles. The third-order valence-electron chi connectivity index (χ3n) is 4.14. The van der Waals surface area contributed by atoms with Crippen molar-refractivity contribution in [3.8, 4) is 0 Å². The number of carbonyl (C=O) groups excluding carboxylic acids is 1. The summed E-state index contributed by atoms with van der Waals surface area (Å²) in [6, 6.07) is 7.58. The summed E-state index contributed by atoms with van der Waals surface area (Å²) >= 11 is 0. The zero-order chi connectivity index (χ0) is 17.4. The van der Waals surface area contributed by atoms with E-state index in [4.69, 9.17) is 5.73 Å². The summed E-state index contributed by atoms with van der Waals surface area (Å²) in [6.45, 7) is 3.94. The summed E-state index contributed by atoms with van der Waals surface area (Å²) in [5.74, 6) is 0.558. The molecule has 6 heteroatoms. The smallest absolute Gasteiger partial charge is 0.251 e. The van der Waals surface area contributed by atoms with Gasteiger partial charge in [0.2, 0.25) is 0 Å². The van der Waals surface area contributed by atoms with Gasteiger partial charge in [0, 0.05) is 31.7 Å². The second kappa shape index (κ2) is 9.27. The standard InChI is InChI=1S/C18H29N5O/c1-22(2)12-9-20-17(24)16-8-6-7-15(13-16)14-21-18(19)23-10-4-3-5-11-23/h6-8,13H,3-5,9-12,14H2,1-2H3,(H2,19,21)(H,20,24). The van der Waals surface area contributed by atoms with Crippen molar-refractivity contribution in [3.05, 3.63) is 35.4 Å². The van der Waals surface area contributed by atoms with Gasteiger partial charge >= 0.3 is 0 Å². The lowest BCUT2D eigenvalue weighted by Crippen LogP contribution is -2.40. The van der Waals surface area contributed by atoms with E-state index in [1.54, 1.807) is 0 Å². The molecular formula is C18H29N5O. The highest BCUT2D eigenvalue weighted by Crippen LogP contribution is 2.10. The summed E-state index contributed by atoms with van der Waals surface area (Å²) in [4.78, 5) is 20.8. The molecule has 0 spiro atoms. The molecule has 3 N–H and O–H groups in total. The fourth-order valence-electron chi connectivity index (χ4n) is 2.70. The van der Waals surface area contributed by atoms with Crippen LogP contribution in [-0.4, -0.2) is 61.9 Å². The van der Waals surface area contributed by atoms with E-state index in [0.717, 1.165) is 25.2 Å². The average Bonchev–Trinajstić information content (AvgIpc) is 2.60. The van der Waals surface area contributed by atoms with E-state index in [1.807, 2.05) is 43.3 Å². The Labute approximate surface area is 144 Å². The van der Waals surface area contributed by atoms with Crippen LogP contribution in [0.5, 0.6) is 0 Å². The normalized spacial score (nSPS) is 15.6. The Kier molecular flexibility index (Phi) is 7.06. The molecule has 0 bridgehead atoms. The van der Waals surface area contributed by atoms with E-state index in [-0.39, 0.29) is 5.91 Å². The number of nitrogens with two attached hydrogens (primary N) is 1. The van der Waals surface area contributed by atoms with Gasteiger partial charge in [0.25, 0.3) is 5.91 Å². The van der Waals surface area contributed by atoms with Gasteiger partial charge in [-0.1, -0.05) is 12.1 Å². The van der Waals surface area contributed by atoms with Crippen LogP contribution in [0.1, 0.15) is 35.2 Å². The Morgan fingerprint density at radius 3 is 2.75 bits per heavy atom. The molecule has 6 nitrogen and oxygen atoms in total. The van der Waals surface area contributed by atoms with Crippen molar-refractivity contribution in [2.24, 2.45) is 10.7 Å². The molecule has 0 aromatic heterocycles. The van der Waals surface area contributed by atoms with Crippen LogP contribution in [0.4, 0.5) is 0 Å². The second-order valence-corrected chi connectivity index (χ2v) is 6.48. The lowest BCUT2D eigenvalue weighted by atomic mass is 10.1. The first-order valence-electron chi connectivity index (χ1n) is 8.63. The van der Waals surface area contributed by atoms with Gasteiger partial charge in [-0.15, -0.1) is 0 Å². The number of hydrogen-bond donors (Lipinski definition) is 2. The minimum absolute atomic E-state index is 0.0494. The zero-order valence-electron chi connectivity index (χ0n) is 14.8. The number of rotatable bonds is 6. The first-order valence-corrected chi connectivity index (χ1v) is 8.63. The topological polar surface area (TPSA) is 74.0 Å².